The fraction of sp³-hybridized carbons (Fsp3) is 0.314. The molecule has 1 aliphatic carbocycles. The molecule has 7 heteroatoms. The van der Waals surface area contributed by atoms with Crippen molar-refractivity contribution >= 4 is 29.0 Å². The number of ketones is 2. The summed E-state index contributed by atoms with van der Waals surface area (Å²) in [5.41, 5.74) is 4.21. The summed E-state index contributed by atoms with van der Waals surface area (Å²) in [6.45, 7) is 3.72. The molecular weight excluding hydrogens is 530 g/mol. The van der Waals surface area contributed by atoms with Gasteiger partial charge in [0.25, 0.3) is 5.91 Å². The molecule has 0 bridgehead atoms. The quantitative estimate of drug-likeness (QED) is 0.188. The van der Waals surface area contributed by atoms with Crippen LogP contribution in [0.4, 0.5) is 0 Å². The van der Waals surface area contributed by atoms with E-state index in [9.17, 15) is 24.3 Å². The minimum absolute atomic E-state index is 0.199. The van der Waals surface area contributed by atoms with Gasteiger partial charge in [-0.3, -0.25) is 14.4 Å². The van der Waals surface area contributed by atoms with Crippen LogP contribution in [-0.2, 0) is 4.79 Å². The van der Waals surface area contributed by atoms with Crippen LogP contribution in [0.25, 0.3) is 5.57 Å². The fourth-order valence-corrected chi connectivity index (χ4v) is 5.20. The first-order chi connectivity index (χ1) is 20.1. The number of aliphatic hydroxyl groups excluding tert-OH is 1. The van der Waals surface area contributed by atoms with E-state index in [2.05, 4.69) is 19.2 Å². The van der Waals surface area contributed by atoms with E-state index < -0.39 is 24.5 Å². The molecule has 0 aromatic heterocycles. The molecule has 3 aromatic carbocycles. The molecule has 0 saturated heterocycles. The first kappa shape index (κ1) is 30.6. The van der Waals surface area contributed by atoms with Crippen molar-refractivity contribution in [1.82, 2.24) is 5.32 Å². The molecule has 1 atom stereocenters. The molecular formula is C35H37NO6. The topological polar surface area (TPSA) is 121 Å². The maximum Gasteiger partial charge on any atom is 0.334 e. The van der Waals surface area contributed by atoms with Crippen LogP contribution in [-0.4, -0.2) is 46.3 Å². The van der Waals surface area contributed by atoms with E-state index in [0.717, 1.165) is 5.56 Å². The Bertz CT molecular complexity index is 1450. The van der Waals surface area contributed by atoms with Gasteiger partial charge in [0.1, 0.15) is 0 Å². The van der Waals surface area contributed by atoms with Crippen molar-refractivity contribution in [1.29, 1.82) is 0 Å². The predicted molar refractivity (Wildman–Crippen MR) is 162 cm³/mol. The Labute approximate surface area is 246 Å². The number of aliphatic hydroxyl groups is 1. The number of amides is 1. The minimum Gasteiger partial charge on any atom is -0.479 e. The summed E-state index contributed by atoms with van der Waals surface area (Å²) < 4.78 is 0. The van der Waals surface area contributed by atoms with Crippen molar-refractivity contribution < 1.29 is 29.4 Å². The summed E-state index contributed by atoms with van der Waals surface area (Å²) in [5.74, 6) is -1.82. The minimum atomic E-state index is -1.72. The lowest BCUT2D eigenvalue weighted by Crippen LogP contribution is -2.36. The normalized spacial score (nSPS) is 14.8. The van der Waals surface area contributed by atoms with Crippen LogP contribution in [0.15, 0.2) is 78.9 Å². The summed E-state index contributed by atoms with van der Waals surface area (Å²) in [4.78, 5) is 50.3. The third kappa shape index (κ3) is 7.68. The van der Waals surface area contributed by atoms with E-state index in [0.29, 0.717) is 23.0 Å². The van der Waals surface area contributed by atoms with Gasteiger partial charge in [-0.1, -0.05) is 93.8 Å². The van der Waals surface area contributed by atoms with Gasteiger partial charge >= 0.3 is 5.97 Å². The lowest BCUT2D eigenvalue weighted by molar-refractivity contribution is -0.146. The van der Waals surface area contributed by atoms with E-state index >= 15 is 0 Å². The highest BCUT2D eigenvalue weighted by Gasteiger charge is 2.20. The maximum atomic E-state index is 13.7. The van der Waals surface area contributed by atoms with Gasteiger partial charge in [0.15, 0.2) is 17.7 Å². The van der Waals surface area contributed by atoms with Gasteiger partial charge in [0.05, 0.1) is 6.54 Å². The number of carboxylic acid groups (broad SMARTS) is 1. The summed E-state index contributed by atoms with van der Waals surface area (Å²) in [7, 11) is 0. The Hall–Kier alpha value is -4.36. The molecule has 1 aliphatic rings. The Balaban J connectivity index is 1.59. The van der Waals surface area contributed by atoms with Crippen LogP contribution in [0, 0.1) is 0 Å². The van der Waals surface area contributed by atoms with Gasteiger partial charge in [-0.2, -0.15) is 0 Å². The standard InChI is InChI=1S/C35H37NO6/c1-22(2)23-8-12-26(13-9-23)30(20-31(37)27-14-10-25(11-15-27)24-6-4-3-5-7-24)33(39)28-16-18-29(19-17-28)34(40)36-21-32(38)35(41)42/h8-20,22,24,32,38H,3-7,21H2,1-2H3,(H,36,40)(H,41,42)/b30-20-. The number of carboxylic acids is 1. The van der Waals surface area contributed by atoms with Crippen molar-refractivity contribution in [2.75, 3.05) is 6.54 Å². The number of carbonyl (C=O) groups is 4. The molecule has 0 aliphatic heterocycles. The molecule has 1 unspecified atom stereocenters. The van der Waals surface area contributed by atoms with Crippen LogP contribution < -0.4 is 5.32 Å². The van der Waals surface area contributed by atoms with Crippen LogP contribution >= 0.6 is 0 Å². The third-order valence-corrected chi connectivity index (χ3v) is 7.83. The third-order valence-electron chi connectivity index (χ3n) is 7.83. The number of hydrogen-bond acceptors (Lipinski definition) is 5. The van der Waals surface area contributed by atoms with Crippen molar-refractivity contribution in [2.24, 2.45) is 0 Å². The lowest BCUT2D eigenvalue weighted by atomic mass is 9.84. The molecule has 7 nitrogen and oxygen atoms in total. The van der Waals surface area contributed by atoms with Crippen molar-refractivity contribution in [3.63, 3.8) is 0 Å². The van der Waals surface area contributed by atoms with Gasteiger partial charge in [0.2, 0.25) is 0 Å². The summed E-state index contributed by atoms with van der Waals surface area (Å²) in [5, 5.41) is 20.5. The monoisotopic (exact) mass is 567 g/mol. The summed E-state index contributed by atoms with van der Waals surface area (Å²) >= 11 is 0. The highest BCUT2D eigenvalue weighted by molar-refractivity contribution is 6.32. The van der Waals surface area contributed by atoms with Crippen LogP contribution in [0.3, 0.4) is 0 Å². The molecule has 0 radical (unpaired) electrons. The number of nitrogens with one attached hydrogen (secondary N) is 1. The smallest absolute Gasteiger partial charge is 0.334 e. The van der Waals surface area contributed by atoms with E-state index in [1.165, 1.54) is 68.0 Å². The van der Waals surface area contributed by atoms with Gasteiger partial charge in [-0.05, 0) is 59.6 Å². The summed E-state index contributed by atoms with van der Waals surface area (Å²) in [6, 6.07) is 21.2. The average molecular weight is 568 g/mol. The molecule has 218 valence electrons. The van der Waals surface area contributed by atoms with Crippen molar-refractivity contribution in [3.05, 3.63) is 112 Å². The molecule has 0 spiro atoms. The largest absolute Gasteiger partial charge is 0.479 e. The zero-order valence-electron chi connectivity index (χ0n) is 24.0. The van der Waals surface area contributed by atoms with Gasteiger partial charge in [-0.15, -0.1) is 0 Å². The van der Waals surface area contributed by atoms with E-state index in [4.69, 9.17) is 5.11 Å². The molecule has 1 saturated carbocycles. The average Bonchev–Trinajstić information content (AvgIpc) is 3.02. The lowest BCUT2D eigenvalue weighted by Gasteiger charge is -2.22. The number of allylic oxidation sites excluding steroid dienone is 2. The fourth-order valence-electron chi connectivity index (χ4n) is 5.20. The first-order valence-corrected chi connectivity index (χ1v) is 14.4. The van der Waals surface area contributed by atoms with Crippen molar-refractivity contribution in [3.8, 4) is 0 Å². The molecule has 1 fully saturated rings. The van der Waals surface area contributed by atoms with Crippen LogP contribution in [0.2, 0.25) is 0 Å². The Morgan fingerprint density at radius 2 is 1.33 bits per heavy atom. The molecule has 0 heterocycles. The molecule has 3 aromatic rings. The molecule has 4 rings (SSSR count). The van der Waals surface area contributed by atoms with Gasteiger partial charge in [0, 0.05) is 22.3 Å². The molecule has 1 amide bonds. The zero-order chi connectivity index (χ0) is 30.2. The number of aliphatic carboxylic acids is 1. The van der Waals surface area contributed by atoms with E-state index in [1.807, 2.05) is 48.5 Å². The second-order valence-corrected chi connectivity index (χ2v) is 11.1. The first-order valence-electron chi connectivity index (χ1n) is 14.4. The van der Waals surface area contributed by atoms with Crippen LogP contribution in [0.5, 0.6) is 0 Å². The second-order valence-electron chi connectivity index (χ2n) is 11.1. The predicted octanol–water partition coefficient (Wildman–Crippen LogP) is 6.18. The maximum absolute atomic E-state index is 13.7. The van der Waals surface area contributed by atoms with Crippen molar-refractivity contribution in [2.45, 2.75) is 63.9 Å². The van der Waals surface area contributed by atoms with Gasteiger partial charge in [-0.25, -0.2) is 4.79 Å². The second kappa shape index (κ2) is 14.0. The van der Waals surface area contributed by atoms with Crippen LogP contribution in [0.1, 0.15) is 106 Å². The summed E-state index contributed by atoms with van der Waals surface area (Å²) in [6.07, 6.45) is 5.75. The zero-order valence-corrected chi connectivity index (χ0v) is 24.0. The number of benzene rings is 3. The molecule has 3 N–H and O–H groups in total. The SMILES string of the molecule is CC(C)c1ccc(/C(=C/C(=O)c2ccc(C3CCCCC3)cc2)C(=O)c2ccc(C(=O)NCC(O)C(=O)O)cc2)cc1. The Kier molecular flexibility index (Phi) is 10.2. The highest BCUT2D eigenvalue weighted by Crippen LogP contribution is 2.33. The number of hydrogen-bond donors (Lipinski definition) is 3. The van der Waals surface area contributed by atoms with E-state index in [1.54, 1.807) is 0 Å². The number of Topliss-reactive ketones (excluding diaryl/α,β-unsaturated/α-hetero) is 1. The Morgan fingerprint density at radius 1 is 0.786 bits per heavy atom. The Morgan fingerprint density at radius 3 is 1.90 bits per heavy atom. The van der Waals surface area contributed by atoms with Gasteiger partial charge < -0.3 is 15.5 Å². The number of carbonyl (C=O) groups excluding carboxylic acids is 3. The van der Waals surface area contributed by atoms with E-state index in [-0.39, 0.29) is 28.3 Å². The number of rotatable bonds is 11. The highest BCUT2D eigenvalue weighted by atomic mass is 16.4. The molecule has 42 heavy (non-hydrogen) atoms.